The molecule has 0 amide bonds. The fourth-order valence-electron chi connectivity index (χ4n) is 0.782. The van der Waals surface area contributed by atoms with Gasteiger partial charge in [-0.25, -0.2) is 4.79 Å². The highest BCUT2D eigenvalue weighted by Gasteiger charge is 2.02. The smallest absolute Gasteiger partial charge is 0.364 e. The van der Waals surface area contributed by atoms with E-state index in [1.54, 1.807) is 0 Å². The van der Waals surface area contributed by atoms with Gasteiger partial charge >= 0.3 is 5.97 Å². The molecule has 0 aliphatic heterocycles. The quantitative estimate of drug-likeness (QED) is 0.474. The van der Waals surface area contributed by atoms with Gasteiger partial charge in [-0.3, -0.25) is 0 Å². The zero-order chi connectivity index (χ0) is 9.40. The fourth-order valence-corrected chi connectivity index (χ4v) is 0.782. The number of halogens is 1. The van der Waals surface area contributed by atoms with Crippen molar-refractivity contribution in [1.82, 2.24) is 0 Å². The molecular weight excluding hydrogens is 161 g/mol. The highest BCUT2D eigenvalue weighted by molar-refractivity contribution is 5.83. The lowest BCUT2D eigenvalue weighted by molar-refractivity contribution is -0.134. The number of hydrogen-bond donors (Lipinski definition) is 2. The second-order valence-electron chi connectivity index (χ2n) is 2.50. The average molecular weight is 175 g/mol. The van der Waals surface area contributed by atoms with E-state index in [2.05, 4.69) is 0 Å². The number of nitrogens with two attached hydrogens (primary N) is 1. The number of hydrogen-bond acceptors (Lipinski definition) is 2. The van der Waals surface area contributed by atoms with Crippen molar-refractivity contribution in [3.63, 3.8) is 0 Å². The molecule has 0 radical (unpaired) electrons. The first-order valence-electron chi connectivity index (χ1n) is 3.97. The van der Waals surface area contributed by atoms with E-state index in [1.807, 2.05) is 0 Å². The minimum atomic E-state index is -1.49. The molecular formula is C8H14FNO2. The van der Waals surface area contributed by atoms with E-state index in [1.165, 1.54) is 0 Å². The normalized spacial score (nSPS) is 11.7. The lowest BCUT2D eigenvalue weighted by Crippen LogP contribution is -1.97. The van der Waals surface area contributed by atoms with Gasteiger partial charge in [0.1, 0.15) is 0 Å². The molecule has 0 rings (SSSR count). The Kier molecular flexibility index (Phi) is 6.28. The van der Waals surface area contributed by atoms with Crippen LogP contribution in [0.4, 0.5) is 4.39 Å². The van der Waals surface area contributed by atoms with Crippen LogP contribution in [-0.2, 0) is 4.79 Å². The molecule has 4 heteroatoms. The zero-order valence-corrected chi connectivity index (χ0v) is 6.92. The summed E-state index contributed by atoms with van der Waals surface area (Å²) in [5, 5.41) is 8.12. The van der Waals surface area contributed by atoms with Gasteiger partial charge in [0.25, 0.3) is 0 Å². The summed E-state index contributed by atoms with van der Waals surface area (Å²) >= 11 is 0. The topological polar surface area (TPSA) is 63.3 Å². The maximum absolute atomic E-state index is 12.3. The average Bonchev–Trinajstić information content (AvgIpc) is 2.03. The van der Waals surface area contributed by atoms with Crippen molar-refractivity contribution >= 4 is 5.97 Å². The Morgan fingerprint density at radius 3 is 2.58 bits per heavy atom. The predicted molar refractivity (Wildman–Crippen MR) is 44.3 cm³/mol. The third kappa shape index (κ3) is 5.85. The van der Waals surface area contributed by atoms with E-state index >= 15 is 0 Å². The number of carboxylic acids is 1. The first kappa shape index (κ1) is 11.1. The molecule has 0 spiro atoms. The second-order valence-corrected chi connectivity index (χ2v) is 2.50. The summed E-state index contributed by atoms with van der Waals surface area (Å²) in [4.78, 5) is 9.96. The maximum Gasteiger partial charge on any atom is 0.364 e. The van der Waals surface area contributed by atoms with Crippen LogP contribution in [0.15, 0.2) is 11.9 Å². The third-order valence-electron chi connectivity index (χ3n) is 1.44. The molecule has 70 valence electrons. The van der Waals surface area contributed by atoms with Crippen molar-refractivity contribution in [2.24, 2.45) is 5.73 Å². The van der Waals surface area contributed by atoms with Gasteiger partial charge in [0, 0.05) is 0 Å². The molecule has 3 nitrogen and oxygen atoms in total. The Morgan fingerprint density at radius 1 is 1.42 bits per heavy atom. The molecule has 0 heterocycles. The minimum Gasteiger partial charge on any atom is -0.476 e. The Balaban J connectivity index is 3.40. The SMILES string of the molecule is NCCCCC/C=C(\F)C(=O)O. The van der Waals surface area contributed by atoms with Crippen LogP contribution in [0.3, 0.4) is 0 Å². The summed E-state index contributed by atoms with van der Waals surface area (Å²) in [6.45, 7) is 0.630. The molecule has 0 saturated carbocycles. The molecule has 3 N–H and O–H groups in total. The molecule has 0 saturated heterocycles. The van der Waals surface area contributed by atoms with E-state index < -0.39 is 11.8 Å². The summed E-state index contributed by atoms with van der Waals surface area (Å²) in [6, 6.07) is 0. The highest BCUT2D eigenvalue weighted by atomic mass is 19.1. The van der Waals surface area contributed by atoms with E-state index in [0.717, 1.165) is 25.3 Å². The van der Waals surface area contributed by atoms with E-state index in [4.69, 9.17) is 10.8 Å². The van der Waals surface area contributed by atoms with Crippen molar-refractivity contribution < 1.29 is 14.3 Å². The summed E-state index contributed by atoms with van der Waals surface area (Å²) in [5.74, 6) is -2.56. The Hall–Kier alpha value is -0.900. The Labute approximate surface area is 71.1 Å². The van der Waals surface area contributed by atoms with Gasteiger partial charge in [0.15, 0.2) is 0 Å². The number of carboxylic acid groups (broad SMARTS) is 1. The number of aliphatic carboxylic acids is 1. The van der Waals surface area contributed by atoms with Crippen LogP contribution in [0.2, 0.25) is 0 Å². The molecule has 0 aromatic carbocycles. The maximum atomic E-state index is 12.3. The molecule has 0 atom stereocenters. The van der Waals surface area contributed by atoms with Crippen LogP contribution in [0.5, 0.6) is 0 Å². The van der Waals surface area contributed by atoms with Gasteiger partial charge < -0.3 is 10.8 Å². The van der Waals surface area contributed by atoms with Gasteiger partial charge in [-0.05, 0) is 31.9 Å². The molecule has 0 aliphatic carbocycles. The largest absolute Gasteiger partial charge is 0.476 e. The zero-order valence-electron chi connectivity index (χ0n) is 6.92. The molecule has 0 aromatic rings. The van der Waals surface area contributed by atoms with Gasteiger partial charge in [-0.15, -0.1) is 0 Å². The fraction of sp³-hybridized carbons (Fsp3) is 0.625. The first-order chi connectivity index (χ1) is 5.68. The number of unbranched alkanes of at least 4 members (excludes halogenated alkanes) is 3. The van der Waals surface area contributed by atoms with Crippen molar-refractivity contribution in [1.29, 1.82) is 0 Å². The van der Waals surface area contributed by atoms with Crippen LogP contribution in [-0.4, -0.2) is 17.6 Å². The van der Waals surface area contributed by atoms with Gasteiger partial charge in [0.2, 0.25) is 5.83 Å². The van der Waals surface area contributed by atoms with Crippen LogP contribution >= 0.6 is 0 Å². The Bertz CT molecular complexity index is 168. The summed E-state index contributed by atoms with van der Waals surface area (Å²) in [5.41, 5.74) is 5.24. The van der Waals surface area contributed by atoms with Crippen molar-refractivity contribution in [3.05, 3.63) is 11.9 Å². The van der Waals surface area contributed by atoms with Crippen LogP contribution in [0.1, 0.15) is 25.7 Å². The molecule has 12 heavy (non-hydrogen) atoms. The molecule has 0 aromatic heterocycles. The lowest BCUT2D eigenvalue weighted by atomic mass is 10.2. The molecule has 0 aliphatic rings. The molecule has 0 bridgehead atoms. The predicted octanol–water partition coefficient (Wildman–Crippen LogP) is 1.44. The van der Waals surface area contributed by atoms with Crippen LogP contribution < -0.4 is 5.73 Å². The van der Waals surface area contributed by atoms with Gasteiger partial charge in [-0.2, -0.15) is 4.39 Å². The van der Waals surface area contributed by atoms with Gasteiger partial charge in [-0.1, -0.05) is 6.42 Å². The number of allylic oxidation sites excluding steroid dienone is 1. The van der Waals surface area contributed by atoms with Crippen molar-refractivity contribution in [2.75, 3.05) is 6.54 Å². The number of rotatable bonds is 6. The molecule has 0 unspecified atom stereocenters. The van der Waals surface area contributed by atoms with Crippen molar-refractivity contribution in [2.45, 2.75) is 25.7 Å². The monoisotopic (exact) mass is 175 g/mol. The highest BCUT2D eigenvalue weighted by Crippen LogP contribution is 2.04. The Morgan fingerprint density at radius 2 is 2.08 bits per heavy atom. The molecule has 0 fully saturated rings. The van der Waals surface area contributed by atoms with Gasteiger partial charge in [0.05, 0.1) is 0 Å². The summed E-state index contributed by atoms with van der Waals surface area (Å²) in [6.07, 6.45) is 4.18. The lowest BCUT2D eigenvalue weighted by Gasteiger charge is -1.94. The second kappa shape index (κ2) is 6.79. The first-order valence-corrected chi connectivity index (χ1v) is 3.97. The van der Waals surface area contributed by atoms with Crippen LogP contribution in [0, 0.1) is 0 Å². The number of carbonyl (C=O) groups is 1. The summed E-state index contributed by atoms with van der Waals surface area (Å²) in [7, 11) is 0. The van der Waals surface area contributed by atoms with Crippen LogP contribution in [0.25, 0.3) is 0 Å². The van der Waals surface area contributed by atoms with E-state index in [-0.39, 0.29) is 0 Å². The minimum absolute atomic E-state index is 0.470. The summed E-state index contributed by atoms with van der Waals surface area (Å²) < 4.78 is 12.3. The van der Waals surface area contributed by atoms with E-state index in [0.29, 0.717) is 13.0 Å². The standard InChI is InChI=1S/C8H14FNO2/c9-7(8(11)12)5-3-1-2-4-6-10/h5H,1-4,6,10H2,(H,11,12)/b7-5-. The van der Waals surface area contributed by atoms with E-state index in [9.17, 15) is 9.18 Å². The van der Waals surface area contributed by atoms with Crippen molar-refractivity contribution in [3.8, 4) is 0 Å². The third-order valence-corrected chi connectivity index (χ3v) is 1.44.